The first-order valence-corrected chi connectivity index (χ1v) is 6.58. The van der Waals surface area contributed by atoms with Crippen LogP contribution in [-0.4, -0.2) is 11.8 Å². The fraction of sp³-hybridized carbons (Fsp3) is 0.455. The minimum Gasteiger partial charge on any atom is -0.328 e. The van der Waals surface area contributed by atoms with Crippen molar-refractivity contribution in [1.29, 1.82) is 0 Å². The van der Waals surface area contributed by atoms with E-state index in [1.807, 2.05) is 18.7 Å². The molecule has 1 aromatic carbocycles. The molecule has 0 heterocycles. The Morgan fingerprint density at radius 1 is 1.50 bits per heavy atom. The smallest absolute Gasteiger partial charge is 0.0219 e. The van der Waals surface area contributed by atoms with E-state index in [0.29, 0.717) is 0 Å². The molecule has 1 nitrogen and oxygen atoms in total. The number of thioether (sulfide) groups is 1. The Balaban J connectivity index is 2.79. The zero-order chi connectivity index (χ0) is 10.6. The summed E-state index contributed by atoms with van der Waals surface area (Å²) in [6.07, 6.45) is 0.928. The average Bonchev–Trinajstić information content (AvgIpc) is 2.10. The first-order chi connectivity index (χ1) is 6.63. The summed E-state index contributed by atoms with van der Waals surface area (Å²) in [6.45, 7) is 4.19. The minimum absolute atomic E-state index is 0.218. The predicted octanol–water partition coefficient (Wildman–Crippen LogP) is 3.45. The second kappa shape index (κ2) is 5.79. The molecule has 0 aliphatic heterocycles. The van der Waals surface area contributed by atoms with Gasteiger partial charge in [0.25, 0.3) is 0 Å². The van der Waals surface area contributed by atoms with Crippen molar-refractivity contribution in [2.75, 3.05) is 5.75 Å². The Morgan fingerprint density at radius 2 is 2.21 bits per heavy atom. The second-order valence-electron chi connectivity index (χ2n) is 3.37. The summed E-state index contributed by atoms with van der Waals surface area (Å²) in [5.41, 5.74) is 7.06. The SMILES string of the molecule is CCSc1ccc(CC(C)N)c(Br)c1. The third-order valence-corrected chi connectivity index (χ3v) is 3.49. The van der Waals surface area contributed by atoms with E-state index in [2.05, 4.69) is 41.1 Å². The quantitative estimate of drug-likeness (QED) is 0.851. The molecule has 0 amide bonds. The van der Waals surface area contributed by atoms with Crippen LogP contribution in [0.4, 0.5) is 0 Å². The molecule has 0 aromatic heterocycles. The molecule has 0 radical (unpaired) electrons. The van der Waals surface area contributed by atoms with Crippen molar-refractivity contribution in [1.82, 2.24) is 0 Å². The van der Waals surface area contributed by atoms with Gasteiger partial charge in [-0.05, 0) is 36.8 Å². The summed E-state index contributed by atoms with van der Waals surface area (Å²) in [5, 5.41) is 0. The third-order valence-electron chi connectivity index (χ3n) is 1.88. The Bertz CT molecular complexity index is 299. The van der Waals surface area contributed by atoms with Crippen molar-refractivity contribution in [3.8, 4) is 0 Å². The minimum atomic E-state index is 0.218. The van der Waals surface area contributed by atoms with E-state index in [9.17, 15) is 0 Å². The molecule has 3 heteroatoms. The maximum absolute atomic E-state index is 5.76. The van der Waals surface area contributed by atoms with Gasteiger partial charge in [-0.25, -0.2) is 0 Å². The van der Waals surface area contributed by atoms with Crippen LogP contribution in [0.1, 0.15) is 19.4 Å². The first kappa shape index (κ1) is 12.1. The predicted molar refractivity (Wildman–Crippen MR) is 67.9 cm³/mol. The van der Waals surface area contributed by atoms with Gasteiger partial charge in [-0.2, -0.15) is 0 Å². The van der Waals surface area contributed by atoms with Crippen LogP contribution < -0.4 is 5.73 Å². The van der Waals surface area contributed by atoms with E-state index < -0.39 is 0 Å². The second-order valence-corrected chi connectivity index (χ2v) is 5.56. The summed E-state index contributed by atoms with van der Waals surface area (Å²) < 4.78 is 1.17. The zero-order valence-electron chi connectivity index (χ0n) is 8.59. The summed E-state index contributed by atoms with van der Waals surface area (Å²) in [5.74, 6) is 1.11. The van der Waals surface area contributed by atoms with Crippen LogP contribution in [0.2, 0.25) is 0 Å². The van der Waals surface area contributed by atoms with Crippen LogP contribution in [0, 0.1) is 0 Å². The van der Waals surface area contributed by atoms with Gasteiger partial charge in [0.2, 0.25) is 0 Å². The highest BCUT2D eigenvalue weighted by molar-refractivity contribution is 9.10. The molecule has 14 heavy (non-hydrogen) atoms. The van der Waals surface area contributed by atoms with Gasteiger partial charge in [-0.1, -0.05) is 28.9 Å². The Morgan fingerprint density at radius 3 is 2.71 bits per heavy atom. The van der Waals surface area contributed by atoms with Crippen LogP contribution in [-0.2, 0) is 6.42 Å². The molecule has 0 spiro atoms. The highest BCUT2D eigenvalue weighted by Gasteiger charge is 2.03. The Kier molecular flexibility index (Phi) is 4.99. The van der Waals surface area contributed by atoms with Crippen molar-refractivity contribution in [3.63, 3.8) is 0 Å². The molecule has 0 saturated heterocycles. The van der Waals surface area contributed by atoms with Crippen LogP contribution in [0.3, 0.4) is 0 Å². The maximum atomic E-state index is 5.76. The average molecular weight is 274 g/mol. The molecule has 0 bridgehead atoms. The van der Waals surface area contributed by atoms with Crippen molar-refractivity contribution in [2.45, 2.75) is 31.2 Å². The Hall–Kier alpha value is 0.01000. The molecule has 78 valence electrons. The summed E-state index contributed by atoms with van der Waals surface area (Å²) in [4.78, 5) is 1.31. The van der Waals surface area contributed by atoms with Crippen molar-refractivity contribution < 1.29 is 0 Å². The van der Waals surface area contributed by atoms with Gasteiger partial charge in [0.15, 0.2) is 0 Å². The number of hydrogen-bond donors (Lipinski definition) is 1. The molecular weight excluding hydrogens is 258 g/mol. The zero-order valence-corrected chi connectivity index (χ0v) is 11.0. The Labute approximate surface area is 98.6 Å². The highest BCUT2D eigenvalue weighted by atomic mass is 79.9. The molecule has 1 aromatic rings. The molecule has 0 aliphatic carbocycles. The standard InChI is InChI=1S/C11H16BrNS/c1-3-14-10-5-4-9(6-8(2)13)11(12)7-10/h4-5,7-8H,3,6,13H2,1-2H3. The van der Waals surface area contributed by atoms with Gasteiger partial charge in [-0.15, -0.1) is 11.8 Å². The van der Waals surface area contributed by atoms with E-state index >= 15 is 0 Å². The van der Waals surface area contributed by atoms with E-state index in [1.54, 1.807) is 0 Å². The lowest BCUT2D eigenvalue weighted by Crippen LogP contribution is -2.17. The number of nitrogens with two attached hydrogens (primary N) is 1. The molecule has 0 fully saturated rings. The molecule has 0 aliphatic rings. The van der Waals surface area contributed by atoms with E-state index in [4.69, 9.17) is 5.73 Å². The molecule has 1 atom stereocenters. The molecule has 0 saturated carbocycles. The van der Waals surface area contributed by atoms with E-state index in [1.165, 1.54) is 14.9 Å². The fourth-order valence-electron chi connectivity index (χ4n) is 1.30. The summed E-state index contributed by atoms with van der Waals surface area (Å²) in [7, 11) is 0. The molecule has 1 rings (SSSR count). The van der Waals surface area contributed by atoms with Gasteiger partial charge in [0, 0.05) is 15.4 Å². The van der Waals surface area contributed by atoms with Crippen molar-refractivity contribution >= 4 is 27.7 Å². The third kappa shape index (κ3) is 3.64. The van der Waals surface area contributed by atoms with E-state index in [0.717, 1.165) is 12.2 Å². The first-order valence-electron chi connectivity index (χ1n) is 4.80. The van der Waals surface area contributed by atoms with Crippen LogP contribution in [0.15, 0.2) is 27.6 Å². The van der Waals surface area contributed by atoms with Crippen molar-refractivity contribution in [2.24, 2.45) is 5.73 Å². The molecular formula is C11H16BrNS. The van der Waals surface area contributed by atoms with Gasteiger partial charge < -0.3 is 5.73 Å². The number of hydrogen-bond acceptors (Lipinski definition) is 2. The van der Waals surface area contributed by atoms with Gasteiger partial charge in [-0.3, -0.25) is 0 Å². The molecule has 1 unspecified atom stereocenters. The number of benzene rings is 1. The monoisotopic (exact) mass is 273 g/mol. The van der Waals surface area contributed by atoms with Crippen LogP contribution in [0.25, 0.3) is 0 Å². The van der Waals surface area contributed by atoms with Gasteiger partial charge >= 0.3 is 0 Å². The van der Waals surface area contributed by atoms with Crippen LogP contribution >= 0.6 is 27.7 Å². The topological polar surface area (TPSA) is 26.0 Å². The number of halogens is 1. The lowest BCUT2D eigenvalue weighted by molar-refractivity contribution is 0.735. The number of rotatable bonds is 4. The molecule has 2 N–H and O–H groups in total. The lowest BCUT2D eigenvalue weighted by Gasteiger charge is -2.08. The van der Waals surface area contributed by atoms with E-state index in [-0.39, 0.29) is 6.04 Å². The maximum Gasteiger partial charge on any atom is 0.0219 e. The summed E-state index contributed by atoms with van der Waals surface area (Å²) in [6, 6.07) is 6.71. The normalized spacial score (nSPS) is 12.9. The van der Waals surface area contributed by atoms with Gasteiger partial charge in [0.05, 0.1) is 0 Å². The van der Waals surface area contributed by atoms with Crippen LogP contribution in [0.5, 0.6) is 0 Å². The lowest BCUT2D eigenvalue weighted by atomic mass is 10.1. The summed E-state index contributed by atoms with van der Waals surface area (Å²) >= 11 is 5.43. The fourth-order valence-corrected chi connectivity index (χ4v) is 2.69. The largest absolute Gasteiger partial charge is 0.328 e. The highest BCUT2D eigenvalue weighted by Crippen LogP contribution is 2.25. The van der Waals surface area contributed by atoms with Gasteiger partial charge in [0.1, 0.15) is 0 Å². The van der Waals surface area contributed by atoms with Crippen molar-refractivity contribution in [3.05, 3.63) is 28.2 Å².